The minimum atomic E-state index is -4.69. The molecule has 1 rings (SSSR count). The number of primary amides is 1. The van der Waals surface area contributed by atoms with Crippen LogP contribution in [-0.2, 0) is 6.18 Å². The Hall–Kier alpha value is -1.53. The smallest absolute Gasteiger partial charge is 0.428 e. The number of oxazole rings is 1. The van der Waals surface area contributed by atoms with Crippen LogP contribution in [0.2, 0.25) is 0 Å². The highest BCUT2D eigenvalue weighted by Gasteiger charge is 2.37. The van der Waals surface area contributed by atoms with Gasteiger partial charge in [0, 0.05) is 0 Å². The van der Waals surface area contributed by atoms with Crippen molar-refractivity contribution in [1.29, 1.82) is 0 Å². The van der Waals surface area contributed by atoms with E-state index in [1.165, 1.54) is 0 Å². The third-order valence-corrected chi connectivity index (χ3v) is 0.991. The summed E-state index contributed by atoms with van der Waals surface area (Å²) < 4.78 is 39.3. The number of hydrogen-bond donors (Lipinski definition) is 1. The standard InChI is InChI=1S/C5H3F3N2O2/c6-5(7,8)4-10-1-2(12-4)3(9)11/h1H,(H2,9,11). The zero-order chi connectivity index (χ0) is 9.35. The Kier molecular flexibility index (Phi) is 1.79. The summed E-state index contributed by atoms with van der Waals surface area (Å²) in [6.45, 7) is 0. The van der Waals surface area contributed by atoms with Gasteiger partial charge in [0.2, 0.25) is 5.76 Å². The second-order valence-corrected chi connectivity index (χ2v) is 1.89. The van der Waals surface area contributed by atoms with Crippen molar-refractivity contribution in [3.05, 3.63) is 17.8 Å². The normalized spacial score (nSPS) is 11.6. The van der Waals surface area contributed by atoms with Crippen LogP contribution < -0.4 is 5.73 Å². The van der Waals surface area contributed by atoms with E-state index >= 15 is 0 Å². The summed E-state index contributed by atoms with van der Waals surface area (Å²) in [5, 5.41) is 0. The number of rotatable bonds is 1. The van der Waals surface area contributed by atoms with Crippen LogP contribution in [-0.4, -0.2) is 10.9 Å². The Labute approximate surface area is 64.2 Å². The van der Waals surface area contributed by atoms with Gasteiger partial charge in [-0.05, 0) is 0 Å². The lowest BCUT2D eigenvalue weighted by molar-refractivity contribution is -0.157. The van der Waals surface area contributed by atoms with Gasteiger partial charge < -0.3 is 10.2 Å². The fourth-order valence-electron chi connectivity index (χ4n) is 0.519. The van der Waals surface area contributed by atoms with Gasteiger partial charge in [0.15, 0.2) is 0 Å². The molecule has 7 heteroatoms. The fourth-order valence-corrected chi connectivity index (χ4v) is 0.519. The molecule has 2 N–H and O–H groups in total. The number of carbonyl (C=O) groups is 1. The molecule has 0 spiro atoms. The van der Waals surface area contributed by atoms with Crippen LogP contribution in [0.5, 0.6) is 0 Å². The van der Waals surface area contributed by atoms with Gasteiger partial charge in [-0.15, -0.1) is 0 Å². The predicted molar refractivity (Wildman–Crippen MR) is 30.0 cm³/mol. The zero-order valence-electron chi connectivity index (χ0n) is 5.55. The summed E-state index contributed by atoms with van der Waals surface area (Å²) in [6, 6.07) is 0. The van der Waals surface area contributed by atoms with Crippen molar-refractivity contribution in [2.24, 2.45) is 5.73 Å². The maximum atomic E-state index is 11.8. The van der Waals surface area contributed by atoms with Crippen LogP contribution in [0.25, 0.3) is 0 Å². The van der Waals surface area contributed by atoms with E-state index in [1.54, 1.807) is 0 Å². The molecule has 0 aliphatic rings. The summed E-state index contributed by atoms with van der Waals surface area (Å²) in [5.74, 6) is -3.17. The lowest BCUT2D eigenvalue weighted by Crippen LogP contribution is -2.09. The molecule has 12 heavy (non-hydrogen) atoms. The molecule has 1 aromatic rings. The molecule has 0 aliphatic carbocycles. The van der Waals surface area contributed by atoms with Crippen molar-refractivity contribution < 1.29 is 22.4 Å². The number of amides is 1. The first-order valence-corrected chi connectivity index (χ1v) is 2.74. The van der Waals surface area contributed by atoms with E-state index in [0.717, 1.165) is 0 Å². The number of halogens is 3. The topological polar surface area (TPSA) is 69.1 Å². The van der Waals surface area contributed by atoms with Crippen LogP contribution in [0.3, 0.4) is 0 Å². The Morgan fingerprint density at radius 2 is 2.17 bits per heavy atom. The van der Waals surface area contributed by atoms with Gasteiger partial charge in [-0.25, -0.2) is 4.98 Å². The Morgan fingerprint density at radius 3 is 2.42 bits per heavy atom. The molecule has 0 atom stereocenters. The first kappa shape index (κ1) is 8.57. The second kappa shape index (κ2) is 2.50. The van der Waals surface area contributed by atoms with Crippen LogP contribution in [0.1, 0.15) is 16.4 Å². The average Bonchev–Trinajstić information content (AvgIpc) is 2.30. The molecular weight excluding hydrogens is 177 g/mol. The molecule has 0 fully saturated rings. The molecule has 0 saturated carbocycles. The van der Waals surface area contributed by atoms with Crippen LogP contribution >= 0.6 is 0 Å². The van der Waals surface area contributed by atoms with Crippen molar-refractivity contribution in [3.63, 3.8) is 0 Å². The highest BCUT2D eigenvalue weighted by atomic mass is 19.4. The highest BCUT2D eigenvalue weighted by Crippen LogP contribution is 2.28. The molecule has 0 unspecified atom stereocenters. The number of carbonyl (C=O) groups excluding carboxylic acids is 1. The van der Waals surface area contributed by atoms with Crippen LogP contribution in [0.15, 0.2) is 10.6 Å². The Morgan fingerprint density at radius 1 is 1.58 bits per heavy atom. The van der Waals surface area contributed by atoms with Crippen molar-refractivity contribution in [1.82, 2.24) is 4.98 Å². The first-order chi connectivity index (χ1) is 5.41. The minimum Gasteiger partial charge on any atom is -0.428 e. The maximum absolute atomic E-state index is 11.8. The van der Waals surface area contributed by atoms with E-state index in [0.29, 0.717) is 6.20 Å². The van der Waals surface area contributed by atoms with Gasteiger partial charge in [-0.3, -0.25) is 4.79 Å². The zero-order valence-corrected chi connectivity index (χ0v) is 5.55. The molecule has 1 aromatic heterocycles. The van der Waals surface area contributed by atoms with Crippen LogP contribution in [0.4, 0.5) is 13.2 Å². The molecule has 0 aliphatic heterocycles. The average molecular weight is 180 g/mol. The fraction of sp³-hybridized carbons (Fsp3) is 0.200. The number of nitrogens with zero attached hydrogens (tertiary/aromatic N) is 1. The molecule has 0 radical (unpaired) electrons. The van der Waals surface area contributed by atoms with Gasteiger partial charge >= 0.3 is 12.1 Å². The van der Waals surface area contributed by atoms with Crippen molar-refractivity contribution in [3.8, 4) is 0 Å². The first-order valence-electron chi connectivity index (χ1n) is 2.74. The summed E-state index contributed by atoms with van der Waals surface area (Å²) in [5.41, 5.74) is 4.63. The number of hydrogen-bond acceptors (Lipinski definition) is 3. The Bertz CT molecular complexity index is 304. The predicted octanol–water partition coefficient (Wildman–Crippen LogP) is 0.792. The van der Waals surface area contributed by atoms with Gasteiger partial charge in [0.25, 0.3) is 5.91 Å². The SMILES string of the molecule is NC(=O)c1cnc(C(F)(F)F)o1. The van der Waals surface area contributed by atoms with Gasteiger partial charge in [0.1, 0.15) is 0 Å². The highest BCUT2D eigenvalue weighted by molar-refractivity contribution is 5.89. The largest absolute Gasteiger partial charge is 0.468 e. The summed E-state index contributed by atoms with van der Waals surface area (Å²) in [6.07, 6.45) is -4.06. The Balaban J connectivity index is 3.00. The third kappa shape index (κ3) is 1.55. The molecule has 1 amide bonds. The minimum absolute atomic E-state index is 0.609. The molecule has 0 aromatic carbocycles. The maximum Gasteiger partial charge on any atom is 0.468 e. The van der Waals surface area contributed by atoms with E-state index in [2.05, 4.69) is 15.1 Å². The third-order valence-electron chi connectivity index (χ3n) is 0.991. The molecule has 0 bridgehead atoms. The van der Waals surface area contributed by atoms with Crippen molar-refractivity contribution in [2.45, 2.75) is 6.18 Å². The lowest BCUT2D eigenvalue weighted by atomic mass is 10.5. The van der Waals surface area contributed by atoms with Gasteiger partial charge in [-0.1, -0.05) is 0 Å². The quantitative estimate of drug-likeness (QED) is 0.694. The number of nitrogens with two attached hydrogens (primary N) is 1. The summed E-state index contributed by atoms with van der Waals surface area (Å²) in [4.78, 5) is 13.1. The monoisotopic (exact) mass is 180 g/mol. The van der Waals surface area contributed by atoms with E-state index in [4.69, 9.17) is 0 Å². The number of aromatic nitrogens is 1. The second-order valence-electron chi connectivity index (χ2n) is 1.89. The lowest BCUT2D eigenvalue weighted by Gasteiger charge is -1.97. The van der Waals surface area contributed by atoms with Crippen LogP contribution in [0, 0.1) is 0 Å². The number of alkyl halides is 3. The molecule has 0 saturated heterocycles. The molecular formula is C5H3F3N2O2. The van der Waals surface area contributed by atoms with Crippen molar-refractivity contribution >= 4 is 5.91 Å². The van der Waals surface area contributed by atoms with E-state index in [-0.39, 0.29) is 0 Å². The van der Waals surface area contributed by atoms with E-state index in [9.17, 15) is 18.0 Å². The van der Waals surface area contributed by atoms with Gasteiger partial charge in [0.05, 0.1) is 6.20 Å². The molecule has 4 nitrogen and oxygen atoms in total. The van der Waals surface area contributed by atoms with E-state index in [1.807, 2.05) is 0 Å². The summed E-state index contributed by atoms with van der Waals surface area (Å²) >= 11 is 0. The van der Waals surface area contributed by atoms with Gasteiger partial charge in [-0.2, -0.15) is 13.2 Å². The molecule has 66 valence electrons. The molecule has 1 heterocycles. The van der Waals surface area contributed by atoms with E-state index < -0.39 is 23.7 Å². The van der Waals surface area contributed by atoms with Crippen molar-refractivity contribution in [2.75, 3.05) is 0 Å². The summed E-state index contributed by atoms with van der Waals surface area (Å²) in [7, 11) is 0.